The minimum Gasteiger partial charge on any atom is -0.491 e. The molecular formula is C20H25N5O5. The third-order valence-corrected chi connectivity index (χ3v) is 5.20. The van der Waals surface area contributed by atoms with Crippen molar-refractivity contribution in [1.82, 2.24) is 19.1 Å². The molecule has 2 aromatic heterocycles. The van der Waals surface area contributed by atoms with Crippen LogP contribution in [0.15, 0.2) is 33.9 Å². The van der Waals surface area contributed by atoms with E-state index in [0.29, 0.717) is 38.0 Å². The molecule has 1 saturated heterocycles. The maximum Gasteiger partial charge on any atom is 0.329 e. The van der Waals surface area contributed by atoms with Gasteiger partial charge in [-0.2, -0.15) is 4.98 Å². The molecule has 0 spiro atoms. The minimum atomic E-state index is -0.890. The Bertz CT molecular complexity index is 1160. The number of benzene rings is 1. The zero-order valence-corrected chi connectivity index (χ0v) is 17.0. The predicted molar refractivity (Wildman–Crippen MR) is 111 cm³/mol. The van der Waals surface area contributed by atoms with E-state index in [0.717, 1.165) is 5.56 Å². The van der Waals surface area contributed by atoms with Crippen molar-refractivity contribution in [3.05, 3.63) is 50.7 Å². The number of morpholine rings is 1. The third kappa shape index (κ3) is 3.83. The van der Waals surface area contributed by atoms with Crippen LogP contribution in [0.1, 0.15) is 5.56 Å². The van der Waals surface area contributed by atoms with Gasteiger partial charge in [0.15, 0.2) is 11.2 Å². The van der Waals surface area contributed by atoms with E-state index in [4.69, 9.17) is 9.47 Å². The summed E-state index contributed by atoms with van der Waals surface area (Å²) in [5.74, 6) is 1.22. The third-order valence-electron chi connectivity index (χ3n) is 5.20. The zero-order valence-electron chi connectivity index (χ0n) is 17.0. The smallest absolute Gasteiger partial charge is 0.329 e. The number of fused-ring (bicyclic) bond motifs is 1. The summed E-state index contributed by atoms with van der Waals surface area (Å²) >= 11 is 0. The number of H-pyrrole nitrogens is 1. The van der Waals surface area contributed by atoms with E-state index in [2.05, 4.69) is 9.97 Å². The van der Waals surface area contributed by atoms with Crippen molar-refractivity contribution in [2.24, 2.45) is 7.05 Å². The van der Waals surface area contributed by atoms with Gasteiger partial charge in [0.1, 0.15) is 18.5 Å². The maximum atomic E-state index is 12.6. The number of aryl methyl sites for hydroxylation is 2. The van der Waals surface area contributed by atoms with Crippen LogP contribution in [0.25, 0.3) is 11.2 Å². The molecule has 10 heteroatoms. The van der Waals surface area contributed by atoms with Gasteiger partial charge in [0.05, 0.1) is 19.8 Å². The van der Waals surface area contributed by atoms with Gasteiger partial charge in [-0.25, -0.2) is 4.79 Å². The van der Waals surface area contributed by atoms with Crippen LogP contribution in [-0.2, 0) is 18.3 Å². The summed E-state index contributed by atoms with van der Waals surface area (Å²) in [5.41, 5.74) is 0.422. The second kappa shape index (κ2) is 8.33. The van der Waals surface area contributed by atoms with Crippen LogP contribution in [-0.4, -0.2) is 63.2 Å². The van der Waals surface area contributed by atoms with E-state index in [1.165, 1.54) is 4.57 Å². The van der Waals surface area contributed by atoms with Crippen LogP contribution in [0.2, 0.25) is 0 Å². The summed E-state index contributed by atoms with van der Waals surface area (Å²) in [6, 6.07) is 7.56. The fourth-order valence-corrected chi connectivity index (χ4v) is 3.57. The number of para-hydroxylation sites is 1. The number of aromatic amines is 1. The minimum absolute atomic E-state index is 0.0523. The number of imidazole rings is 1. The molecule has 2 N–H and O–H groups in total. The van der Waals surface area contributed by atoms with Crippen LogP contribution in [0.3, 0.4) is 0 Å². The van der Waals surface area contributed by atoms with Gasteiger partial charge in [0.25, 0.3) is 5.56 Å². The highest BCUT2D eigenvalue weighted by molar-refractivity contribution is 5.74. The molecule has 1 atom stereocenters. The Hall–Kier alpha value is -3.11. The quantitative estimate of drug-likeness (QED) is 0.583. The highest BCUT2D eigenvalue weighted by Gasteiger charge is 2.24. The first-order chi connectivity index (χ1) is 14.5. The first kappa shape index (κ1) is 20.2. The number of ether oxygens (including phenoxy) is 2. The van der Waals surface area contributed by atoms with E-state index in [9.17, 15) is 14.7 Å². The number of hydrogen-bond acceptors (Lipinski definition) is 7. The lowest BCUT2D eigenvalue weighted by molar-refractivity contribution is 0.0924. The van der Waals surface area contributed by atoms with Crippen LogP contribution < -0.4 is 20.9 Å². The van der Waals surface area contributed by atoms with Crippen molar-refractivity contribution in [3.63, 3.8) is 0 Å². The van der Waals surface area contributed by atoms with Gasteiger partial charge in [-0.15, -0.1) is 0 Å². The standard InChI is InChI=1S/C20H25N5O5/c1-13-5-3-4-6-15(13)30-12-14(26)11-25-16-17(23(2)20(28)22-18(16)27)21-19(25)24-7-9-29-10-8-24/h3-6,14,26H,7-12H2,1-2H3,(H,22,27,28). The molecule has 10 nitrogen and oxygen atoms in total. The monoisotopic (exact) mass is 415 g/mol. The van der Waals surface area contributed by atoms with Gasteiger partial charge in [0, 0.05) is 20.1 Å². The van der Waals surface area contributed by atoms with Crippen molar-refractivity contribution in [2.75, 3.05) is 37.8 Å². The number of nitrogens with zero attached hydrogens (tertiary/aromatic N) is 4. The predicted octanol–water partition coefficient (Wildman–Crippen LogP) is 0.00822. The molecule has 4 rings (SSSR count). The molecule has 1 aliphatic rings. The Morgan fingerprint density at radius 1 is 1.27 bits per heavy atom. The number of rotatable bonds is 6. The summed E-state index contributed by atoms with van der Waals surface area (Å²) < 4.78 is 14.1. The molecule has 160 valence electrons. The molecule has 3 aromatic rings. The Kier molecular flexibility index (Phi) is 5.60. The van der Waals surface area contributed by atoms with Crippen LogP contribution in [0.5, 0.6) is 5.75 Å². The van der Waals surface area contributed by atoms with E-state index in [-0.39, 0.29) is 24.3 Å². The van der Waals surface area contributed by atoms with Gasteiger partial charge >= 0.3 is 5.69 Å². The number of aliphatic hydroxyl groups is 1. The van der Waals surface area contributed by atoms with E-state index in [1.54, 1.807) is 11.6 Å². The second-order valence-corrected chi connectivity index (χ2v) is 7.34. The lowest BCUT2D eigenvalue weighted by Gasteiger charge is -2.28. The van der Waals surface area contributed by atoms with Crippen LogP contribution in [0.4, 0.5) is 5.95 Å². The number of aliphatic hydroxyl groups excluding tert-OH is 1. The van der Waals surface area contributed by atoms with E-state index < -0.39 is 17.4 Å². The van der Waals surface area contributed by atoms with Gasteiger partial charge in [-0.05, 0) is 18.6 Å². The number of hydrogen-bond donors (Lipinski definition) is 2. The second-order valence-electron chi connectivity index (χ2n) is 7.34. The van der Waals surface area contributed by atoms with Crippen LogP contribution >= 0.6 is 0 Å². The molecule has 1 aliphatic heterocycles. The van der Waals surface area contributed by atoms with Crippen LogP contribution in [0, 0.1) is 6.92 Å². The van der Waals surface area contributed by atoms with Crippen molar-refractivity contribution >= 4 is 17.1 Å². The lowest BCUT2D eigenvalue weighted by atomic mass is 10.2. The van der Waals surface area contributed by atoms with Gasteiger partial charge in [-0.1, -0.05) is 18.2 Å². The van der Waals surface area contributed by atoms with Crippen molar-refractivity contribution in [3.8, 4) is 5.75 Å². The number of aromatic nitrogens is 4. The molecule has 0 amide bonds. The number of nitrogens with one attached hydrogen (secondary N) is 1. The Balaban J connectivity index is 1.67. The first-order valence-corrected chi connectivity index (χ1v) is 9.84. The SMILES string of the molecule is Cc1ccccc1OCC(O)Cn1c(N2CCOCC2)nc2c1c(=O)[nH]c(=O)n2C. The van der Waals surface area contributed by atoms with Crippen molar-refractivity contribution in [1.29, 1.82) is 0 Å². The van der Waals surface area contributed by atoms with Gasteiger partial charge in [0.2, 0.25) is 5.95 Å². The highest BCUT2D eigenvalue weighted by atomic mass is 16.5. The highest BCUT2D eigenvalue weighted by Crippen LogP contribution is 2.22. The molecule has 0 aliphatic carbocycles. The zero-order chi connectivity index (χ0) is 21.3. The summed E-state index contributed by atoms with van der Waals surface area (Å²) in [5, 5.41) is 10.7. The summed E-state index contributed by atoms with van der Waals surface area (Å²) in [6.07, 6.45) is -0.890. The van der Waals surface area contributed by atoms with E-state index >= 15 is 0 Å². The molecular weight excluding hydrogens is 390 g/mol. The van der Waals surface area contributed by atoms with Gasteiger partial charge < -0.3 is 24.0 Å². The van der Waals surface area contributed by atoms with Crippen molar-refractivity contribution < 1.29 is 14.6 Å². The Morgan fingerprint density at radius 3 is 2.73 bits per heavy atom. The van der Waals surface area contributed by atoms with Crippen molar-refractivity contribution in [2.45, 2.75) is 19.6 Å². The summed E-state index contributed by atoms with van der Waals surface area (Å²) in [6.45, 7) is 4.36. The summed E-state index contributed by atoms with van der Waals surface area (Å²) in [7, 11) is 1.55. The molecule has 1 unspecified atom stereocenters. The average molecular weight is 415 g/mol. The lowest BCUT2D eigenvalue weighted by Crippen LogP contribution is -2.39. The largest absolute Gasteiger partial charge is 0.491 e. The normalized spacial score (nSPS) is 15.5. The molecule has 1 fully saturated rings. The molecule has 0 saturated carbocycles. The molecule has 3 heterocycles. The van der Waals surface area contributed by atoms with Gasteiger partial charge in [-0.3, -0.25) is 14.3 Å². The topological polar surface area (TPSA) is 115 Å². The fraction of sp³-hybridized carbons (Fsp3) is 0.450. The molecule has 30 heavy (non-hydrogen) atoms. The Labute approximate surface area is 172 Å². The molecule has 1 aromatic carbocycles. The fourth-order valence-electron chi connectivity index (χ4n) is 3.57. The molecule has 0 bridgehead atoms. The average Bonchev–Trinajstić information content (AvgIpc) is 3.12. The Morgan fingerprint density at radius 2 is 2.00 bits per heavy atom. The molecule has 0 radical (unpaired) electrons. The first-order valence-electron chi connectivity index (χ1n) is 9.84. The number of anilines is 1. The maximum absolute atomic E-state index is 12.6. The van der Waals surface area contributed by atoms with E-state index in [1.807, 2.05) is 36.1 Å². The summed E-state index contributed by atoms with van der Waals surface area (Å²) in [4.78, 5) is 33.5.